The molecule has 0 unspecified atom stereocenters. The summed E-state index contributed by atoms with van der Waals surface area (Å²) in [6.07, 6.45) is 2.62. The minimum Gasteiger partial charge on any atom is -0.497 e. The van der Waals surface area contributed by atoms with Crippen molar-refractivity contribution in [3.63, 3.8) is 0 Å². The quantitative estimate of drug-likeness (QED) is 0.603. The Kier molecular flexibility index (Phi) is 8.36. The van der Waals surface area contributed by atoms with Gasteiger partial charge in [0.15, 0.2) is 0 Å². The van der Waals surface area contributed by atoms with Gasteiger partial charge in [0, 0.05) is 37.2 Å². The fraction of sp³-hybridized carbons (Fsp3) is 0.440. The third-order valence-electron chi connectivity index (χ3n) is 5.62. The molecule has 2 aromatic carbocycles. The highest BCUT2D eigenvalue weighted by Crippen LogP contribution is 2.23. The summed E-state index contributed by atoms with van der Waals surface area (Å²) in [7, 11) is 3.11. The average Bonchev–Trinajstić information content (AvgIpc) is 2.82. The number of hydrogen-bond donors (Lipinski definition) is 1. The third-order valence-corrected chi connectivity index (χ3v) is 5.62. The van der Waals surface area contributed by atoms with Crippen molar-refractivity contribution < 1.29 is 23.8 Å². The van der Waals surface area contributed by atoms with E-state index in [0.717, 1.165) is 18.6 Å². The second kappa shape index (κ2) is 11.4. The maximum absolute atomic E-state index is 12.7. The Labute approximate surface area is 189 Å². The zero-order valence-corrected chi connectivity index (χ0v) is 19.1. The van der Waals surface area contributed by atoms with Crippen LogP contribution in [0.15, 0.2) is 42.5 Å². The molecule has 1 saturated heterocycles. The van der Waals surface area contributed by atoms with Crippen molar-refractivity contribution >= 4 is 11.8 Å². The number of carbonyl (C=O) groups excluding carboxylic acids is 2. The van der Waals surface area contributed by atoms with E-state index < -0.39 is 0 Å². The largest absolute Gasteiger partial charge is 0.497 e. The molecule has 0 atom stereocenters. The minimum absolute atomic E-state index is 0.0358. The molecule has 0 spiro atoms. The van der Waals surface area contributed by atoms with Gasteiger partial charge < -0.3 is 24.4 Å². The van der Waals surface area contributed by atoms with Gasteiger partial charge in [-0.3, -0.25) is 9.59 Å². The molecule has 2 aromatic rings. The first-order chi connectivity index (χ1) is 15.5. The van der Waals surface area contributed by atoms with Crippen LogP contribution in [0.5, 0.6) is 17.2 Å². The lowest BCUT2D eigenvalue weighted by Gasteiger charge is -2.32. The lowest BCUT2D eigenvalue weighted by atomic mass is 10.0. The topological polar surface area (TPSA) is 77.1 Å². The summed E-state index contributed by atoms with van der Waals surface area (Å²) in [6, 6.07) is 13.0. The van der Waals surface area contributed by atoms with Crippen molar-refractivity contribution in [2.24, 2.45) is 0 Å². The highest BCUT2D eigenvalue weighted by atomic mass is 16.5. The minimum atomic E-state index is -0.166. The Balaban J connectivity index is 1.39. The molecule has 0 aliphatic carbocycles. The molecule has 1 aliphatic rings. The summed E-state index contributed by atoms with van der Waals surface area (Å²) in [4.78, 5) is 27.0. The molecule has 7 nitrogen and oxygen atoms in total. The van der Waals surface area contributed by atoms with Crippen LogP contribution in [0.25, 0.3) is 0 Å². The van der Waals surface area contributed by atoms with Gasteiger partial charge in [-0.1, -0.05) is 17.7 Å². The molecule has 1 fully saturated rings. The molecule has 3 rings (SSSR count). The number of aryl methyl sites for hydroxylation is 1. The van der Waals surface area contributed by atoms with E-state index in [-0.39, 0.29) is 17.9 Å². The molecule has 0 saturated carbocycles. The smallest absolute Gasteiger partial charge is 0.251 e. The Morgan fingerprint density at radius 1 is 0.969 bits per heavy atom. The van der Waals surface area contributed by atoms with E-state index in [9.17, 15) is 9.59 Å². The maximum Gasteiger partial charge on any atom is 0.251 e. The normalized spacial score (nSPS) is 14.0. The molecule has 172 valence electrons. The molecule has 32 heavy (non-hydrogen) atoms. The van der Waals surface area contributed by atoms with Crippen LogP contribution in [0.1, 0.15) is 41.6 Å². The van der Waals surface area contributed by atoms with Gasteiger partial charge in [0.05, 0.1) is 20.8 Å². The van der Waals surface area contributed by atoms with Crippen LogP contribution in [-0.4, -0.2) is 56.7 Å². The van der Waals surface area contributed by atoms with Crippen LogP contribution < -0.4 is 19.5 Å². The second-order valence-electron chi connectivity index (χ2n) is 7.99. The monoisotopic (exact) mass is 440 g/mol. The fourth-order valence-electron chi connectivity index (χ4n) is 3.69. The van der Waals surface area contributed by atoms with Crippen molar-refractivity contribution in [1.29, 1.82) is 0 Å². The summed E-state index contributed by atoms with van der Waals surface area (Å²) in [5.41, 5.74) is 1.68. The molecule has 1 heterocycles. The summed E-state index contributed by atoms with van der Waals surface area (Å²) in [5, 5.41) is 3.06. The highest BCUT2D eigenvalue weighted by Gasteiger charge is 2.24. The van der Waals surface area contributed by atoms with E-state index in [1.54, 1.807) is 32.4 Å². The first kappa shape index (κ1) is 23.4. The SMILES string of the molecule is COc1cc(OC)cc(C(=O)NC2CCN(C(=O)CCCOc3ccc(C)cc3)CC2)c1. The number of carbonyl (C=O) groups is 2. The van der Waals surface area contributed by atoms with Crippen molar-refractivity contribution in [1.82, 2.24) is 10.2 Å². The van der Waals surface area contributed by atoms with Gasteiger partial charge in [0.25, 0.3) is 5.91 Å². The van der Waals surface area contributed by atoms with Crippen LogP contribution >= 0.6 is 0 Å². The van der Waals surface area contributed by atoms with Crippen LogP contribution in [0.3, 0.4) is 0 Å². The lowest BCUT2D eigenvalue weighted by molar-refractivity contribution is -0.132. The Morgan fingerprint density at radius 3 is 2.19 bits per heavy atom. The molecule has 0 aromatic heterocycles. The van der Waals surface area contributed by atoms with Crippen molar-refractivity contribution in [2.45, 2.75) is 38.6 Å². The number of nitrogens with zero attached hydrogens (tertiary/aromatic N) is 1. The van der Waals surface area contributed by atoms with Gasteiger partial charge in [0.1, 0.15) is 17.2 Å². The van der Waals surface area contributed by atoms with Crippen molar-refractivity contribution in [3.05, 3.63) is 53.6 Å². The number of amides is 2. The summed E-state index contributed by atoms with van der Waals surface area (Å²) in [6.45, 7) is 3.84. The van der Waals surface area contributed by atoms with E-state index in [4.69, 9.17) is 14.2 Å². The van der Waals surface area contributed by atoms with Gasteiger partial charge in [0.2, 0.25) is 5.91 Å². The van der Waals surface area contributed by atoms with Crippen molar-refractivity contribution in [3.8, 4) is 17.2 Å². The molecular formula is C25H32N2O5. The predicted octanol–water partition coefficient (Wildman–Crippen LogP) is 3.59. The van der Waals surface area contributed by atoms with Gasteiger partial charge >= 0.3 is 0 Å². The number of hydrogen-bond acceptors (Lipinski definition) is 5. The molecule has 1 aliphatic heterocycles. The second-order valence-corrected chi connectivity index (χ2v) is 7.99. The first-order valence-electron chi connectivity index (χ1n) is 11.0. The molecule has 2 amide bonds. The Hall–Kier alpha value is -3.22. The molecule has 7 heteroatoms. The first-order valence-corrected chi connectivity index (χ1v) is 11.0. The Bertz CT molecular complexity index is 883. The average molecular weight is 441 g/mol. The van der Waals surface area contributed by atoms with Gasteiger partial charge in [-0.25, -0.2) is 0 Å². The number of rotatable bonds is 9. The van der Waals surface area contributed by atoms with Crippen LogP contribution in [0.4, 0.5) is 0 Å². The van der Waals surface area contributed by atoms with Gasteiger partial charge in [-0.15, -0.1) is 0 Å². The van der Waals surface area contributed by atoms with Gasteiger partial charge in [-0.05, 0) is 50.5 Å². The number of ether oxygens (including phenoxy) is 3. The highest BCUT2D eigenvalue weighted by molar-refractivity contribution is 5.95. The number of methoxy groups -OCH3 is 2. The molecular weight excluding hydrogens is 408 g/mol. The van der Waals surface area contributed by atoms with Crippen molar-refractivity contribution in [2.75, 3.05) is 33.9 Å². The molecule has 1 N–H and O–H groups in total. The zero-order valence-electron chi connectivity index (χ0n) is 19.1. The molecule has 0 bridgehead atoms. The summed E-state index contributed by atoms with van der Waals surface area (Å²) in [5.74, 6) is 1.94. The standard InChI is InChI=1S/C25H32N2O5/c1-18-6-8-21(9-7-18)32-14-4-5-24(28)27-12-10-20(11-13-27)26-25(29)19-15-22(30-2)17-23(16-19)31-3/h6-9,15-17,20H,4-5,10-14H2,1-3H3,(H,26,29). The van der Waals surface area contributed by atoms with Crippen LogP contribution in [0, 0.1) is 6.92 Å². The van der Waals surface area contributed by atoms with E-state index >= 15 is 0 Å². The van der Waals surface area contributed by atoms with Crippen LogP contribution in [-0.2, 0) is 4.79 Å². The van der Waals surface area contributed by atoms with E-state index in [0.29, 0.717) is 49.6 Å². The number of benzene rings is 2. The summed E-state index contributed by atoms with van der Waals surface area (Å²) >= 11 is 0. The van der Waals surface area contributed by atoms with Crippen LogP contribution in [0.2, 0.25) is 0 Å². The molecule has 0 radical (unpaired) electrons. The van der Waals surface area contributed by atoms with E-state index in [1.807, 2.05) is 36.1 Å². The summed E-state index contributed by atoms with van der Waals surface area (Å²) < 4.78 is 16.2. The van der Waals surface area contributed by atoms with E-state index in [1.165, 1.54) is 5.56 Å². The third kappa shape index (κ3) is 6.64. The predicted molar refractivity (Wildman–Crippen MR) is 123 cm³/mol. The number of nitrogens with one attached hydrogen (secondary N) is 1. The lowest BCUT2D eigenvalue weighted by Crippen LogP contribution is -2.46. The maximum atomic E-state index is 12.7. The number of piperidine rings is 1. The Morgan fingerprint density at radius 2 is 1.59 bits per heavy atom. The zero-order chi connectivity index (χ0) is 22.9. The fourth-order valence-corrected chi connectivity index (χ4v) is 3.69. The van der Waals surface area contributed by atoms with Gasteiger partial charge in [-0.2, -0.15) is 0 Å². The van der Waals surface area contributed by atoms with E-state index in [2.05, 4.69) is 5.32 Å². The number of likely N-dealkylation sites (tertiary alicyclic amines) is 1.